The van der Waals surface area contributed by atoms with E-state index in [4.69, 9.17) is 9.41 Å². The molecule has 0 amide bonds. The third-order valence-electron chi connectivity index (χ3n) is 5.67. The molecular weight excluding hydrogens is 441 g/mol. The number of aliphatic hydroxyl groups excluding tert-OH is 1. The average molecular weight is 475 g/mol. The standard InChI is InChI=1S/C20H33N3O2.HI/c1-16(24)18-10-12-23(15-18)20(21-11-9-19-8-5-13-25-19)22-14-17-6-3-2-4-7-17;/h5,8,13,16-18,24H,2-4,6-7,9-12,14-15H2,1H3,(H,21,22);1H. The predicted octanol–water partition coefficient (Wildman–Crippen LogP) is 3.67. The molecule has 1 aromatic rings. The van der Waals surface area contributed by atoms with Crippen molar-refractivity contribution >= 4 is 29.9 Å². The number of nitrogens with zero attached hydrogens (tertiary/aromatic N) is 2. The molecule has 2 N–H and O–H groups in total. The number of nitrogens with one attached hydrogen (secondary N) is 1. The lowest BCUT2D eigenvalue weighted by atomic mass is 9.89. The fourth-order valence-corrected chi connectivity index (χ4v) is 3.98. The van der Waals surface area contributed by atoms with Crippen molar-refractivity contribution in [1.82, 2.24) is 10.2 Å². The molecule has 0 bridgehead atoms. The van der Waals surface area contributed by atoms with E-state index < -0.39 is 0 Å². The van der Waals surface area contributed by atoms with Gasteiger partial charge in [-0.1, -0.05) is 19.3 Å². The van der Waals surface area contributed by atoms with Crippen LogP contribution < -0.4 is 5.32 Å². The van der Waals surface area contributed by atoms with Gasteiger partial charge in [0.25, 0.3) is 0 Å². The van der Waals surface area contributed by atoms with Gasteiger partial charge in [-0.3, -0.25) is 4.99 Å². The molecular formula is C20H34IN3O2. The second-order valence-electron chi connectivity index (χ2n) is 7.66. The Labute approximate surface area is 174 Å². The third-order valence-corrected chi connectivity index (χ3v) is 5.67. The molecule has 2 atom stereocenters. The Morgan fingerprint density at radius 2 is 2.15 bits per heavy atom. The lowest BCUT2D eigenvalue weighted by Crippen LogP contribution is -2.42. The highest BCUT2D eigenvalue weighted by atomic mass is 127. The Morgan fingerprint density at radius 3 is 2.81 bits per heavy atom. The molecule has 2 heterocycles. The number of aliphatic imine (C=N–C) groups is 1. The lowest BCUT2D eigenvalue weighted by Gasteiger charge is -2.25. The fraction of sp³-hybridized carbons (Fsp3) is 0.750. The van der Waals surface area contributed by atoms with Crippen molar-refractivity contribution in [3.8, 4) is 0 Å². The zero-order valence-corrected chi connectivity index (χ0v) is 18.2. The van der Waals surface area contributed by atoms with Crippen LogP contribution in [0.25, 0.3) is 0 Å². The highest BCUT2D eigenvalue weighted by Gasteiger charge is 2.28. The Hall–Kier alpha value is -0.760. The topological polar surface area (TPSA) is 61.0 Å². The first-order chi connectivity index (χ1) is 12.2. The van der Waals surface area contributed by atoms with E-state index in [1.165, 1.54) is 32.1 Å². The summed E-state index contributed by atoms with van der Waals surface area (Å²) in [4.78, 5) is 7.28. The van der Waals surface area contributed by atoms with Crippen LogP contribution in [0.5, 0.6) is 0 Å². The summed E-state index contributed by atoms with van der Waals surface area (Å²) >= 11 is 0. The number of hydrogen-bond acceptors (Lipinski definition) is 3. The summed E-state index contributed by atoms with van der Waals surface area (Å²) in [5.41, 5.74) is 0. The molecule has 2 fully saturated rings. The summed E-state index contributed by atoms with van der Waals surface area (Å²) in [6.07, 6.45) is 10.1. The molecule has 5 nitrogen and oxygen atoms in total. The second kappa shape index (κ2) is 11.2. The summed E-state index contributed by atoms with van der Waals surface area (Å²) in [7, 11) is 0. The van der Waals surface area contributed by atoms with Crippen molar-refractivity contribution in [1.29, 1.82) is 0 Å². The van der Waals surface area contributed by atoms with Crippen LogP contribution in [0.1, 0.15) is 51.2 Å². The number of guanidine groups is 1. The lowest BCUT2D eigenvalue weighted by molar-refractivity contribution is 0.132. The number of aliphatic hydroxyl groups is 1. The van der Waals surface area contributed by atoms with Gasteiger partial charge in [-0.15, -0.1) is 24.0 Å². The zero-order valence-electron chi connectivity index (χ0n) is 15.9. The van der Waals surface area contributed by atoms with Crippen molar-refractivity contribution in [3.05, 3.63) is 24.2 Å². The normalized spacial score (nSPS) is 22.9. The molecule has 1 saturated carbocycles. The SMILES string of the molecule is CC(O)C1CCN(C(=NCC2CCCCC2)NCCc2ccco2)C1.I. The summed E-state index contributed by atoms with van der Waals surface area (Å²) in [5, 5.41) is 13.4. The van der Waals surface area contributed by atoms with Gasteiger partial charge in [0.05, 0.1) is 12.4 Å². The highest BCUT2D eigenvalue weighted by molar-refractivity contribution is 14.0. The van der Waals surface area contributed by atoms with Crippen LogP contribution in [0.4, 0.5) is 0 Å². The molecule has 148 valence electrons. The van der Waals surface area contributed by atoms with Crippen molar-refractivity contribution in [2.45, 2.75) is 58.0 Å². The van der Waals surface area contributed by atoms with Crippen LogP contribution in [-0.2, 0) is 6.42 Å². The maximum absolute atomic E-state index is 9.89. The van der Waals surface area contributed by atoms with Crippen molar-refractivity contribution in [3.63, 3.8) is 0 Å². The van der Waals surface area contributed by atoms with Crippen molar-refractivity contribution in [2.75, 3.05) is 26.2 Å². The Balaban J connectivity index is 0.00000243. The number of halogens is 1. The first-order valence-corrected chi connectivity index (χ1v) is 9.96. The van der Waals surface area contributed by atoms with Crippen LogP contribution in [-0.4, -0.2) is 48.2 Å². The van der Waals surface area contributed by atoms with Crippen molar-refractivity contribution in [2.24, 2.45) is 16.8 Å². The summed E-state index contributed by atoms with van der Waals surface area (Å²) < 4.78 is 5.42. The first kappa shape index (κ1) is 21.5. The van der Waals surface area contributed by atoms with Gasteiger partial charge in [-0.05, 0) is 44.2 Å². The first-order valence-electron chi connectivity index (χ1n) is 9.96. The summed E-state index contributed by atoms with van der Waals surface area (Å²) in [6.45, 7) is 5.53. The van der Waals surface area contributed by atoms with E-state index in [9.17, 15) is 5.11 Å². The second-order valence-corrected chi connectivity index (χ2v) is 7.66. The summed E-state index contributed by atoms with van der Waals surface area (Å²) in [5.74, 6) is 3.11. The Kier molecular flexibility index (Phi) is 9.25. The van der Waals surface area contributed by atoms with Crippen LogP contribution in [0.15, 0.2) is 27.8 Å². The maximum atomic E-state index is 9.89. The molecule has 1 aromatic heterocycles. The minimum absolute atomic E-state index is 0. The van der Waals surface area contributed by atoms with E-state index in [0.29, 0.717) is 5.92 Å². The minimum Gasteiger partial charge on any atom is -0.469 e. The van der Waals surface area contributed by atoms with Gasteiger partial charge >= 0.3 is 0 Å². The highest BCUT2D eigenvalue weighted by Crippen LogP contribution is 2.24. The van der Waals surface area contributed by atoms with E-state index in [0.717, 1.165) is 56.7 Å². The average Bonchev–Trinajstić information content (AvgIpc) is 3.30. The molecule has 26 heavy (non-hydrogen) atoms. The van der Waals surface area contributed by atoms with Crippen LogP contribution in [0.2, 0.25) is 0 Å². The fourth-order valence-electron chi connectivity index (χ4n) is 3.98. The van der Waals surface area contributed by atoms with E-state index in [1.807, 2.05) is 19.1 Å². The molecule has 2 unspecified atom stereocenters. The van der Waals surface area contributed by atoms with Crippen molar-refractivity contribution < 1.29 is 9.52 Å². The molecule has 3 rings (SSSR count). The van der Waals surface area contributed by atoms with E-state index in [1.54, 1.807) is 6.26 Å². The Morgan fingerprint density at radius 1 is 1.35 bits per heavy atom. The van der Waals surface area contributed by atoms with Gasteiger partial charge in [0.15, 0.2) is 5.96 Å². The van der Waals surface area contributed by atoms with E-state index in [-0.39, 0.29) is 30.1 Å². The number of furan rings is 1. The molecule has 1 aliphatic carbocycles. The predicted molar refractivity (Wildman–Crippen MR) is 116 cm³/mol. The molecule has 0 radical (unpaired) electrons. The van der Waals surface area contributed by atoms with Gasteiger partial charge in [0, 0.05) is 38.5 Å². The Bertz CT molecular complexity index is 527. The molecule has 1 saturated heterocycles. The zero-order chi connectivity index (χ0) is 17.5. The van der Waals surface area contributed by atoms with Crippen LogP contribution >= 0.6 is 24.0 Å². The molecule has 6 heteroatoms. The quantitative estimate of drug-likeness (QED) is 0.375. The molecule has 2 aliphatic rings. The third kappa shape index (κ3) is 6.44. The largest absolute Gasteiger partial charge is 0.469 e. The summed E-state index contributed by atoms with van der Waals surface area (Å²) in [6, 6.07) is 3.95. The monoisotopic (exact) mass is 475 g/mol. The van der Waals surface area contributed by atoms with Gasteiger partial charge in [0.1, 0.15) is 5.76 Å². The minimum atomic E-state index is -0.243. The maximum Gasteiger partial charge on any atom is 0.193 e. The number of hydrogen-bond donors (Lipinski definition) is 2. The number of likely N-dealkylation sites (tertiary alicyclic amines) is 1. The molecule has 0 spiro atoms. The van der Waals surface area contributed by atoms with E-state index >= 15 is 0 Å². The van der Waals surface area contributed by atoms with Gasteiger partial charge in [0.2, 0.25) is 0 Å². The van der Waals surface area contributed by atoms with Gasteiger partial charge in [-0.2, -0.15) is 0 Å². The van der Waals surface area contributed by atoms with Gasteiger partial charge < -0.3 is 19.7 Å². The van der Waals surface area contributed by atoms with Crippen LogP contribution in [0.3, 0.4) is 0 Å². The molecule has 0 aromatic carbocycles. The van der Waals surface area contributed by atoms with Gasteiger partial charge in [-0.25, -0.2) is 0 Å². The number of rotatable bonds is 6. The van der Waals surface area contributed by atoms with Crippen LogP contribution in [0, 0.1) is 11.8 Å². The smallest absolute Gasteiger partial charge is 0.193 e. The molecule has 1 aliphatic heterocycles. The van der Waals surface area contributed by atoms with E-state index in [2.05, 4.69) is 10.2 Å².